The third kappa shape index (κ3) is 5.44. The van der Waals surface area contributed by atoms with E-state index >= 15 is 0 Å². The summed E-state index contributed by atoms with van der Waals surface area (Å²) in [5.41, 5.74) is 4.38. The average Bonchev–Trinajstić information content (AvgIpc) is 2.86. The lowest BCUT2D eigenvalue weighted by Gasteiger charge is -2.36. The topological polar surface area (TPSA) is 32.7 Å². The number of benzene rings is 4. The summed E-state index contributed by atoms with van der Waals surface area (Å²) >= 11 is 0. The molecule has 0 saturated carbocycles. The molecule has 0 bridgehead atoms. The number of rotatable bonds is 9. The lowest BCUT2D eigenvalue weighted by molar-refractivity contribution is 0.0372. The van der Waals surface area contributed by atoms with Gasteiger partial charge in [-0.15, -0.1) is 0 Å². The molecule has 0 aromatic heterocycles. The summed E-state index contributed by atoms with van der Waals surface area (Å²) < 4.78 is 5.31. The SMILES string of the molecule is COc1ccc([C@@H](O)[C@H](c2ccccc2)N(Cc2ccccc2)Cc2ccccc2)cc1. The molecule has 0 unspecified atom stereocenters. The normalized spacial score (nSPS) is 13.0. The van der Waals surface area contributed by atoms with Crippen LogP contribution in [0.4, 0.5) is 0 Å². The minimum absolute atomic E-state index is 0.218. The molecule has 4 aromatic rings. The van der Waals surface area contributed by atoms with Gasteiger partial charge in [0, 0.05) is 13.1 Å². The van der Waals surface area contributed by atoms with E-state index < -0.39 is 6.10 Å². The highest BCUT2D eigenvalue weighted by atomic mass is 16.5. The summed E-state index contributed by atoms with van der Waals surface area (Å²) in [5.74, 6) is 0.780. The molecule has 0 aliphatic heterocycles. The summed E-state index contributed by atoms with van der Waals surface area (Å²) in [5, 5.41) is 11.6. The van der Waals surface area contributed by atoms with Crippen molar-refractivity contribution in [2.24, 2.45) is 0 Å². The number of aliphatic hydroxyl groups is 1. The first-order chi connectivity index (χ1) is 15.7. The molecule has 4 rings (SSSR count). The van der Waals surface area contributed by atoms with Crippen molar-refractivity contribution in [3.63, 3.8) is 0 Å². The van der Waals surface area contributed by atoms with Crippen LogP contribution in [0.15, 0.2) is 115 Å². The van der Waals surface area contributed by atoms with Gasteiger partial charge in [-0.3, -0.25) is 4.90 Å². The number of aliphatic hydroxyl groups excluding tert-OH is 1. The molecule has 0 spiro atoms. The van der Waals surface area contributed by atoms with Crippen molar-refractivity contribution in [3.8, 4) is 5.75 Å². The molecule has 0 amide bonds. The fourth-order valence-electron chi connectivity index (χ4n) is 4.11. The lowest BCUT2D eigenvalue weighted by Crippen LogP contribution is -2.32. The van der Waals surface area contributed by atoms with E-state index in [1.807, 2.05) is 54.6 Å². The third-order valence-electron chi connectivity index (χ3n) is 5.75. The fourth-order valence-corrected chi connectivity index (χ4v) is 4.11. The van der Waals surface area contributed by atoms with E-state index in [9.17, 15) is 5.11 Å². The fraction of sp³-hybridized carbons (Fsp3) is 0.172. The van der Waals surface area contributed by atoms with Gasteiger partial charge in [-0.1, -0.05) is 103 Å². The van der Waals surface area contributed by atoms with Crippen LogP contribution in [0, 0.1) is 0 Å². The Morgan fingerprint density at radius 1 is 0.625 bits per heavy atom. The van der Waals surface area contributed by atoms with Crippen molar-refractivity contribution in [3.05, 3.63) is 138 Å². The Bertz CT molecular complexity index is 1020. The van der Waals surface area contributed by atoms with Crippen molar-refractivity contribution < 1.29 is 9.84 Å². The van der Waals surface area contributed by atoms with E-state index in [0.717, 1.165) is 30.0 Å². The molecular formula is C29H29NO2. The number of ether oxygens (including phenoxy) is 1. The second-order valence-corrected chi connectivity index (χ2v) is 7.95. The molecule has 4 aromatic carbocycles. The average molecular weight is 424 g/mol. The maximum atomic E-state index is 11.6. The lowest BCUT2D eigenvalue weighted by atomic mass is 9.93. The molecule has 32 heavy (non-hydrogen) atoms. The van der Waals surface area contributed by atoms with E-state index in [4.69, 9.17) is 4.74 Å². The standard InChI is InChI=1S/C29H29NO2/c1-32-27-19-17-26(18-20-27)29(31)28(25-15-9-4-10-16-25)30(21-23-11-5-2-6-12-23)22-24-13-7-3-8-14-24/h2-20,28-29,31H,21-22H2,1H3/t28-,29+/m0/s1. The molecule has 1 N–H and O–H groups in total. The Kier molecular flexibility index (Phi) is 7.34. The number of nitrogens with zero attached hydrogens (tertiary/aromatic N) is 1. The van der Waals surface area contributed by atoms with Gasteiger partial charge in [0.25, 0.3) is 0 Å². The molecule has 0 radical (unpaired) electrons. The van der Waals surface area contributed by atoms with Gasteiger partial charge >= 0.3 is 0 Å². The molecule has 0 aliphatic rings. The summed E-state index contributed by atoms with van der Waals surface area (Å²) in [6.45, 7) is 1.45. The molecule has 0 aliphatic carbocycles. The van der Waals surface area contributed by atoms with E-state index in [2.05, 4.69) is 65.6 Å². The predicted molar refractivity (Wildman–Crippen MR) is 129 cm³/mol. The maximum absolute atomic E-state index is 11.6. The zero-order valence-electron chi connectivity index (χ0n) is 18.3. The van der Waals surface area contributed by atoms with E-state index in [0.29, 0.717) is 0 Å². The van der Waals surface area contributed by atoms with E-state index in [1.54, 1.807) is 7.11 Å². The van der Waals surface area contributed by atoms with Crippen molar-refractivity contribution in [2.75, 3.05) is 7.11 Å². The van der Waals surface area contributed by atoms with Crippen molar-refractivity contribution in [1.29, 1.82) is 0 Å². The van der Waals surface area contributed by atoms with Crippen LogP contribution in [0.3, 0.4) is 0 Å². The molecule has 162 valence electrons. The Balaban J connectivity index is 1.74. The second kappa shape index (κ2) is 10.8. The van der Waals surface area contributed by atoms with E-state index in [1.165, 1.54) is 11.1 Å². The summed E-state index contributed by atoms with van der Waals surface area (Å²) in [7, 11) is 1.65. The van der Waals surface area contributed by atoms with Gasteiger partial charge in [0.1, 0.15) is 5.75 Å². The van der Waals surface area contributed by atoms with Crippen molar-refractivity contribution >= 4 is 0 Å². The predicted octanol–water partition coefficient (Wildman–Crippen LogP) is 6.17. The van der Waals surface area contributed by atoms with Crippen LogP contribution < -0.4 is 4.74 Å². The van der Waals surface area contributed by atoms with Crippen LogP contribution in [-0.4, -0.2) is 17.1 Å². The van der Waals surface area contributed by atoms with Gasteiger partial charge in [0.05, 0.1) is 19.3 Å². The molecule has 2 atom stereocenters. The first-order valence-electron chi connectivity index (χ1n) is 10.9. The van der Waals surface area contributed by atoms with Gasteiger partial charge in [0.2, 0.25) is 0 Å². The highest BCUT2D eigenvalue weighted by Crippen LogP contribution is 2.36. The quantitative estimate of drug-likeness (QED) is 0.349. The zero-order chi connectivity index (χ0) is 22.2. The van der Waals surface area contributed by atoms with Crippen LogP contribution in [0.2, 0.25) is 0 Å². The Labute approximate surface area is 190 Å². The van der Waals surface area contributed by atoms with Crippen molar-refractivity contribution in [1.82, 2.24) is 4.90 Å². The molecule has 3 nitrogen and oxygen atoms in total. The molecule has 0 heterocycles. The molecule has 3 heteroatoms. The van der Waals surface area contributed by atoms with E-state index in [-0.39, 0.29) is 6.04 Å². The monoisotopic (exact) mass is 423 g/mol. The van der Waals surface area contributed by atoms with Crippen LogP contribution in [0.1, 0.15) is 34.4 Å². The Morgan fingerprint density at radius 3 is 1.56 bits per heavy atom. The maximum Gasteiger partial charge on any atom is 0.118 e. The van der Waals surface area contributed by atoms with Gasteiger partial charge in [-0.25, -0.2) is 0 Å². The molecule has 0 saturated heterocycles. The largest absolute Gasteiger partial charge is 0.497 e. The first-order valence-corrected chi connectivity index (χ1v) is 10.9. The minimum Gasteiger partial charge on any atom is -0.497 e. The van der Waals surface area contributed by atoms with Gasteiger partial charge in [-0.2, -0.15) is 0 Å². The Morgan fingerprint density at radius 2 is 1.09 bits per heavy atom. The number of methoxy groups -OCH3 is 1. The van der Waals surface area contributed by atoms with Crippen LogP contribution in [0.25, 0.3) is 0 Å². The van der Waals surface area contributed by atoms with Gasteiger partial charge < -0.3 is 9.84 Å². The van der Waals surface area contributed by atoms with Crippen LogP contribution >= 0.6 is 0 Å². The highest BCUT2D eigenvalue weighted by molar-refractivity contribution is 5.32. The third-order valence-corrected chi connectivity index (χ3v) is 5.75. The van der Waals surface area contributed by atoms with Crippen LogP contribution in [0.5, 0.6) is 5.75 Å². The summed E-state index contributed by atoms with van der Waals surface area (Å²) in [4.78, 5) is 2.36. The number of hydrogen-bond donors (Lipinski definition) is 1. The summed E-state index contributed by atoms with van der Waals surface area (Å²) in [6, 6.07) is 38.6. The van der Waals surface area contributed by atoms with Crippen molar-refractivity contribution in [2.45, 2.75) is 25.2 Å². The highest BCUT2D eigenvalue weighted by Gasteiger charge is 2.29. The van der Waals surface area contributed by atoms with Crippen LogP contribution in [-0.2, 0) is 13.1 Å². The number of hydrogen-bond acceptors (Lipinski definition) is 3. The van der Waals surface area contributed by atoms with Gasteiger partial charge in [0.15, 0.2) is 0 Å². The zero-order valence-corrected chi connectivity index (χ0v) is 18.3. The molecule has 0 fully saturated rings. The second-order valence-electron chi connectivity index (χ2n) is 7.95. The molecular weight excluding hydrogens is 394 g/mol. The minimum atomic E-state index is -0.698. The first kappa shape index (κ1) is 21.8. The van der Waals surface area contributed by atoms with Gasteiger partial charge in [-0.05, 0) is 34.4 Å². The Hall–Kier alpha value is -3.40. The summed E-state index contributed by atoms with van der Waals surface area (Å²) in [6.07, 6.45) is -0.698. The smallest absolute Gasteiger partial charge is 0.118 e.